The molecule has 1 heterocycles. The third kappa shape index (κ3) is 1.74. The van der Waals surface area contributed by atoms with Crippen molar-refractivity contribution >= 4 is 5.82 Å². The first-order valence-electron chi connectivity index (χ1n) is 4.67. The van der Waals surface area contributed by atoms with E-state index in [0.717, 1.165) is 12.8 Å². The van der Waals surface area contributed by atoms with E-state index in [-0.39, 0.29) is 0 Å². The van der Waals surface area contributed by atoms with Gasteiger partial charge in [-0.2, -0.15) is 5.26 Å². The van der Waals surface area contributed by atoms with Gasteiger partial charge in [0.1, 0.15) is 11.9 Å². The van der Waals surface area contributed by atoms with Gasteiger partial charge in [-0.1, -0.05) is 12.2 Å². The molecule has 1 aromatic rings. The minimum Gasteiger partial charge on any atom is -0.366 e. The molecule has 1 aromatic heterocycles. The minimum absolute atomic E-state index is 0.400. The first kappa shape index (κ1) is 8.76. The maximum absolute atomic E-state index is 8.85. The fourth-order valence-electron chi connectivity index (χ4n) is 1.54. The summed E-state index contributed by atoms with van der Waals surface area (Å²) in [4.78, 5) is 4.15. The van der Waals surface area contributed by atoms with Crippen LogP contribution in [0.1, 0.15) is 18.4 Å². The fraction of sp³-hybridized carbons (Fsp3) is 0.273. The summed E-state index contributed by atoms with van der Waals surface area (Å²) in [7, 11) is 0. The highest BCUT2D eigenvalue weighted by Gasteiger charge is 2.11. The zero-order valence-electron chi connectivity index (χ0n) is 7.77. The first-order chi connectivity index (χ1) is 6.90. The largest absolute Gasteiger partial charge is 0.366 e. The summed E-state index contributed by atoms with van der Waals surface area (Å²) < 4.78 is 0. The number of pyridine rings is 1. The van der Waals surface area contributed by atoms with Crippen molar-refractivity contribution < 1.29 is 0 Å². The Morgan fingerprint density at radius 2 is 2.21 bits per heavy atom. The molecule has 1 N–H and O–H groups in total. The van der Waals surface area contributed by atoms with Gasteiger partial charge in [0.25, 0.3) is 0 Å². The second-order valence-corrected chi connectivity index (χ2v) is 3.30. The molecule has 0 bridgehead atoms. The van der Waals surface area contributed by atoms with E-state index in [4.69, 9.17) is 5.26 Å². The van der Waals surface area contributed by atoms with E-state index in [1.54, 1.807) is 18.3 Å². The van der Waals surface area contributed by atoms with Gasteiger partial charge in [0, 0.05) is 12.2 Å². The van der Waals surface area contributed by atoms with Crippen molar-refractivity contribution in [3.8, 4) is 6.07 Å². The number of anilines is 1. The van der Waals surface area contributed by atoms with Crippen molar-refractivity contribution in [3.63, 3.8) is 0 Å². The molecule has 0 atom stereocenters. The number of nitrogens with zero attached hydrogens (tertiary/aromatic N) is 2. The summed E-state index contributed by atoms with van der Waals surface area (Å²) >= 11 is 0. The number of nitrogens with one attached hydrogen (secondary N) is 1. The van der Waals surface area contributed by atoms with Crippen LogP contribution in [0.2, 0.25) is 0 Å². The second-order valence-electron chi connectivity index (χ2n) is 3.30. The molecule has 3 heteroatoms. The third-order valence-corrected chi connectivity index (χ3v) is 2.28. The lowest BCUT2D eigenvalue weighted by molar-refractivity contribution is 0.780. The van der Waals surface area contributed by atoms with Crippen molar-refractivity contribution in [1.29, 1.82) is 5.26 Å². The lowest BCUT2D eigenvalue weighted by Crippen LogP contribution is -2.16. The molecule has 70 valence electrons. The van der Waals surface area contributed by atoms with E-state index in [9.17, 15) is 0 Å². The SMILES string of the molecule is N#Cc1cccnc1NC1CC=CC1. The molecule has 3 nitrogen and oxygen atoms in total. The summed E-state index contributed by atoms with van der Waals surface area (Å²) in [5.74, 6) is 0.698. The Hall–Kier alpha value is -1.82. The van der Waals surface area contributed by atoms with Gasteiger partial charge in [0.15, 0.2) is 0 Å². The van der Waals surface area contributed by atoms with Crippen LogP contribution in [0.3, 0.4) is 0 Å². The molecule has 0 aliphatic heterocycles. The van der Waals surface area contributed by atoms with Crippen molar-refractivity contribution in [2.75, 3.05) is 5.32 Å². The quantitative estimate of drug-likeness (QED) is 0.717. The van der Waals surface area contributed by atoms with E-state index >= 15 is 0 Å². The lowest BCUT2D eigenvalue weighted by atomic mass is 10.2. The molecule has 0 unspecified atom stereocenters. The van der Waals surface area contributed by atoms with Gasteiger partial charge >= 0.3 is 0 Å². The number of hydrogen-bond acceptors (Lipinski definition) is 3. The molecule has 1 aliphatic rings. The van der Waals surface area contributed by atoms with Gasteiger partial charge in [-0.25, -0.2) is 4.98 Å². The van der Waals surface area contributed by atoms with E-state index in [1.807, 2.05) is 0 Å². The number of aromatic nitrogens is 1. The molecule has 1 aliphatic carbocycles. The standard InChI is InChI=1S/C11H11N3/c12-8-9-4-3-7-13-11(9)14-10-5-1-2-6-10/h1-4,7,10H,5-6H2,(H,13,14). The van der Waals surface area contributed by atoms with Crippen LogP contribution >= 0.6 is 0 Å². The molecule has 0 radical (unpaired) electrons. The minimum atomic E-state index is 0.400. The van der Waals surface area contributed by atoms with Crippen LogP contribution in [-0.2, 0) is 0 Å². The van der Waals surface area contributed by atoms with Crippen LogP contribution in [0.25, 0.3) is 0 Å². The summed E-state index contributed by atoms with van der Waals surface area (Å²) in [6.07, 6.45) is 8.02. The average molecular weight is 185 g/mol. The molecule has 0 fully saturated rings. The Morgan fingerprint density at radius 1 is 1.43 bits per heavy atom. The summed E-state index contributed by atoms with van der Waals surface area (Å²) in [6, 6.07) is 6.07. The topological polar surface area (TPSA) is 48.7 Å². The van der Waals surface area contributed by atoms with Gasteiger partial charge in [0.05, 0.1) is 5.56 Å². The maximum atomic E-state index is 8.85. The maximum Gasteiger partial charge on any atom is 0.144 e. The highest BCUT2D eigenvalue weighted by Crippen LogP contribution is 2.17. The predicted molar refractivity (Wildman–Crippen MR) is 54.7 cm³/mol. The molecule has 0 amide bonds. The highest BCUT2D eigenvalue weighted by molar-refractivity contribution is 5.52. The second kappa shape index (κ2) is 3.93. The van der Waals surface area contributed by atoms with Crippen LogP contribution in [-0.4, -0.2) is 11.0 Å². The summed E-state index contributed by atoms with van der Waals surface area (Å²) in [5.41, 5.74) is 0.611. The van der Waals surface area contributed by atoms with Crippen LogP contribution in [0, 0.1) is 11.3 Å². The zero-order valence-corrected chi connectivity index (χ0v) is 7.77. The van der Waals surface area contributed by atoms with Crippen LogP contribution in [0.5, 0.6) is 0 Å². The molecule has 14 heavy (non-hydrogen) atoms. The van der Waals surface area contributed by atoms with Crippen molar-refractivity contribution in [2.24, 2.45) is 0 Å². The number of nitriles is 1. The van der Waals surface area contributed by atoms with Crippen molar-refractivity contribution in [3.05, 3.63) is 36.0 Å². The molecule has 0 saturated heterocycles. The fourth-order valence-corrected chi connectivity index (χ4v) is 1.54. The Morgan fingerprint density at radius 3 is 2.93 bits per heavy atom. The van der Waals surface area contributed by atoms with Crippen molar-refractivity contribution in [1.82, 2.24) is 4.98 Å². The molecule has 0 aromatic carbocycles. The molecule has 0 saturated carbocycles. The molecule has 0 spiro atoms. The van der Waals surface area contributed by atoms with Crippen molar-refractivity contribution in [2.45, 2.75) is 18.9 Å². The van der Waals surface area contributed by atoms with Gasteiger partial charge in [-0.05, 0) is 25.0 Å². The Labute approximate surface area is 83.1 Å². The van der Waals surface area contributed by atoms with E-state index in [0.29, 0.717) is 17.4 Å². The van der Waals surface area contributed by atoms with Crippen LogP contribution < -0.4 is 5.32 Å². The van der Waals surface area contributed by atoms with Gasteiger partial charge in [-0.15, -0.1) is 0 Å². The van der Waals surface area contributed by atoms with E-state index in [1.165, 1.54) is 0 Å². The molecular weight excluding hydrogens is 174 g/mol. The Bertz CT molecular complexity index is 382. The predicted octanol–water partition coefficient (Wildman–Crippen LogP) is 2.08. The van der Waals surface area contributed by atoms with Gasteiger partial charge < -0.3 is 5.32 Å². The third-order valence-electron chi connectivity index (χ3n) is 2.28. The Balaban J connectivity index is 2.12. The highest BCUT2D eigenvalue weighted by atomic mass is 15.0. The lowest BCUT2D eigenvalue weighted by Gasteiger charge is -2.13. The molecular formula is C11H11N3. The molecule has 2 rings (SSSR count). The van der Waals surface area contributed by atoms with Crippen LogP contribution in [0.4, 0.5) is 5.82 Å². The van der Waals surface area contributed by atoms with Crippen LogP contribution in [0.15, 0.2) is 30.5 Å². The van der Waals surface area contributed by atoms with Gasteiger partial charge in [-0.3, -0.25) is 0 Å². The number of hydrogen-bond donors (Lipinski definition) is 1. The van der Waals surface area contributed by atoms with E-state index < -0.39 is 0 Å². The Kier molecular flexibility index (Phi) is 2.46. The smallest absolute Gasteiger partial charge is 0.144 e. The van der Waals surface area contributed by atoms with Gasteiger partial charge in [0.2, 0.25) is 0 Å². The first-order valence-corrected chi connectivity index (χ1v) is 4.67. The summed E-state index contributed by atoms with van der Waals surface area (Å²) in [5, 5.41) is 12.1. The summed E-state index contributed by atoms with van der Waals surface area (Å²) in [6.45, 7) is 0. The normalized spacial score (nSPS) is 15.4. The zero-order chi connectivity index (χ0) is 9.80. The average Bonchev–Trinajstić information content (AvgIpc) is 2.71. The number of rotatable bonds is 2. The monoisotopic (exact) mass is 185 g/mol. The van der Waals surface area contributed by atoms with E-state index in [2.05, 4.69) is 28.5 Å².